The van der Waals surface area contributed by atoms with E-state index >= 15 is 0 Å². The summed E-state index contributed by atoms with van der Waals surface area (Å²) in [5, 5.41) is 0. The van der Waals surface area contributed by atoms with Crippen molar-refractivity contribution in [1.82, 2.24) is 0 Å². The van der Waals surface area contributed by atoms with Crippen LogP contribution in [0.3, 0.4) is 0 Å². The number of terminal acetylenes is 1. The molecule has 0 fully saturated rings. The predicted octanol–water partition coefficient (Wildman–Crippen LogP) is 2.30. The Hall–Kier alpha value is -1.53. The van der Waals surface area contributed by atoms with Crippen LogP contribution >= 0.6 is 0 Å². The Bertz CT molecular complexity index is 393. The highest BCUT2D eigenvalue weighted by atomic mass is 19.1. The van der Waals surface area contributed by atoms with Crippen molar-refractivity contribution in [2.75, 3.05) is 18.0 Å². The second-order valence-corrected chi connectivity index (χ2v) is 3.68. The average Bonchev–Trinajstić information content (AvgIpc) is 2.25. The molecular weight excluding hydrogens is 203 g/mol. The highest BCUT2D eigenvalue weighted by molar-refractivity contribution is 5.56. The maximum Gasteiger partial charge on any atom is 0.130 e. The molecule has 0 heterocycles. The lowest BCUT2D eigenvalue weighted by Gasteiger charge is -2.25. The molecule has 0 radical (unpaired) electrons. The molecule has 0 aromatic heterocycles. The van der Waals surface area contributed by atoms with Gasteiger partial charge in [-0.15, -0.1) is 6.42 Å². The van der Waals surface area contributed by atoms with Gasteiger partial charge < -0.3 is 10.6 Å². The van der Waals surface area contributed by atoms with Crippen molar-refractivity contribution >= 4 is 5.69 Å². The molecule has 1 unspecified atom stereocenters. The number of anilines is 1. The number of hydrogen-bond acceptors (Lipinski definition) is 2. The first-order chi connectivity index (χ1) is 7.61. The van der Waals surface area contributed by atoms with Crippen LogP contribution in [0.25, 0.3) is 0 Å². The van der Waals surface area contributed by atoms with Crippen molar-refractivity contribution in [2.24, 2.45) is 5.73 Å². The number of nitrogens with zero attached hydrogens (tertiary/aromatic N) is 1. The van der Waals surface area contributed by atoms with Crippen LogP contribution in [0.15, 0.2) is 18.2 Å². The van der Waals surface area contributed by atoms with Crippen molar-refractivity contribution in [2.45, 2.75) is 19.9 Å². The van der Waals surface area contributed by atoms with E-state index in [2.05, 4.69) is 5.92 Å². The Balaban J connectivity index is 3.21. The van der Waals surface area contributed by atoms with E-state index in [4.69, 9.17) is 12.2 Å². The summed E-state index contributed by atoms with van der Waals surface area (Å²) in [5.74, 6) is 2.29. The molecule has 0 saturated heterocycles. The topological polar surface area (TPSA) is 29.3 Å². The highest BCUT2D eigenvalue weighted by Crippen LogP contribution is 2.27. The summed E-state index contributed by atoms with van der Waals surface area (Å²) in [7, 11) is 0. The molecule has 1 aromatic rings. The summed E-state index contributed by atoms with van der Waals surface area (Å²) >= 11 is 0. The fourth-order valence-electron chi connectivity index (χ4n) is 1.73. The van der Waals surface area contributed by atoms with Gasteiger partial charge in [0.25, 0.3) is 0 Å². The molecule has 16 heavy (non-hydrogen) atoms. The SMILES string of the molecule is C#CCN(CC)c1cccc(F)c1C(C)N. The molecule has 1 atom stereocenters. The Morgan fingerprint density at radius 2 is 2.25 bits per heavy atom. The minimum absolute atomic E-state index is 0.275. The standard InChI is InChI=1S/C13H17FN2/c1-4-9-16(5-2)12-8-6-7-11(14)13(12)10(3)15/h1,6-8,10H,5,9,15H2,2-3H3. The number of halogens is 1. The number of rotatable bonds is 4. The molecule has 0 aliphatic rings. The molecule has 86 valence electrons. The molecule has 0 spiro atoms. The minimum Gasteiger partial charge on any atom is -0.360 e. The molecule has 2 nitrogen and oxygen atoms in total. The van der Waals surface area contributed by atoms with Crippen LogP contribution in [0.1, 0.15) is 25.5 Å². The maximum atomic E-state index is 13.7. The van der Waals surface area contributed by atoms with Gasteiger partial charge in [0.1, 0.15) is 5.82 Å². The monoisotopic (exact) mass is 220 g/mol. The lowest BCUT2D eigenvalue weighted by molar-refractivity contribution is 0.592. The quantitative estimate of drug-likeness (QED) is 0.789. The lowest BCUT2D eigenvalue weighted by Crippen LogP contribution is -2.26. The second-order valence-electron chi connectivity index (χ2n) is 3.68. The van der Waals surface area contributed by atoms with E-state index in [0.717, 1.165) is 12.2 Å². The smallest absolute Gasteiger partial charge is 0.130 e. The molecule has 0 aliphatic heterocycles. The van der Waals surface area contributed by atoms with E-state index in [1.807, 2.05) is 17.9 Å². The van der Waals surface area contributed by atoms with Crippen LogP contribution < -0.4 is 10.6 Å². The van der Waals surface area contributed by atoms with E-state index in [1.54, 1.807) is 13.0 Å². The Morgan fingerprint density at radius 3 is 2.75 bits per heavy atom. The first kappa shape index (κ1) is 12.5. The molecule has 3 heteroatoms. The van der Waals surface area contributed by atoms with Crippen molar-refractivity contribution in [3.63, 3.8) is 0 Å². The third-order valence-electron chi connectivity index (χ3n) is 2.49. The zero-order chi connectivity index (χ0) is 12.1. The average molecular weight is 220 g/mol. The Labute approximate surface area is 96.3 Å². The van der Waals surface area contributed by atoms with E-state index < -0.39 is 0 Å². The van der Waals surface area contributed by atoms with Crippen molar-refractivity contribution in [3.8, 4) is 12.3 Å². The van der Waals surface area contributed by atoms with Gasteiger partial charge in [0.15, 0.2) is 0 Å². The van der Waals surface area contributed by atoms with Gasteiger partial charge >= 0.3 is 0 Å². The number of hydrogen-bond donors (Lipinski definition) is 1. The van der Waals surface area contributed by atoms with Crippen LogP contribution in [-0.4, -0.2) is 13.1 Å². The van der Waals surface area contributed by atoms with Gasteiger partial charge in [-0.05, 0) is 26.0 Å². The van der Waals surface area contributed by atoms with E-state index in [-0.39, 0.29) is 11.9 Å². The first-order valence-corrected chi connectivity index (χ1v) is 5.34. The number of benzene rings is 1. The van der Waals surface area contributed by atoms with E-state index in [9.17, 15) is 4.39 Å². The van der Waals surface area contributed by atoms with Crippen LogP contribution in [0.2, 0.25) is 0 Å². The summed E-state index contributed by atoms with van der Waals surface area (Å²) in [6.07, 6.45) is 5.29. The summed E-state index contributed by atoms with van der Waals surface area (Å²) < 4.78 is 13.7. The molecule has 0 amide bonds. The fourth-order valence-corrected chi connectivity index (χ4v) is 1.73. The first-order valence-electron chi connectivity index (χ1n) is 5.34. The molecule has 2 N–H and O–H groups in total. The molecule has 0 aliphatic carbocycles. The second kappa shape index (κ2) is 5.53. The Kier molecular flexibility index (Phi) is 4.33. The van der Waals surface area contributed by atoms with Crippen LogP contribution in [0.4, 0.5) is 10.1 Å². The largest absolute Gasteiger partial charge is 0.360 e. The normalized spacial score (nSPS) is 11.9. The van der Waals surface area contributed by atoms with Gasteiger partial charge in [-0.3, -0.25) is 0 Å². The van der Waals surface area contributed by atoms with Gasteiger partial charge in [0, 0.05) is 23.8 Å². The van der Waals surface area contributed by atoms with Gasteiger partial charge in [-0.2, -0.15) is 0 Å². The highest BCUT2D eigenvalue weighted by Gasteiger charge is 2.15. The fraction of sp³-hybridized carbons (Fsp3) is 0.385. The summed E-state index contributed by atoms with van der Waals surface area (Å²) in [6, 6.07) is 4.60. The van der Waals surface area contributed by atoms with Crippen molar-refractivity contribution < 1.29 is 4.39 Å². The van der Waals surface area contributed by atoms with Crippen LogP contribution in [-0.2, 0) is 0 Å². The summed E-state index contributed by atoms with van der Waals surface area (Å²) in [5.41, 5.74) is 7.10. The van der Waals surface area contributed by atoms with Gasteiger partial charge in [0.05, 0.1) is 6.54 Å². The van der Waals surface area contributed by atoms with Gasteiger partial charge in [0.2, 0.25) is 0 Å². The van der Waals surface area contributed by atoms with Gasteiger partial charge in [-0.1, -0.05) is 12.0 Å². The zero-order valence-corrected chi connectivity index (χ0v) is 9.70. The minimum atomic E-state index is -0.344. The molecule has 0 saturated carbocycles. The predicted molar refractivity (Wildman–Crippen MR) is 65.7 cm³/mol. The number of nitrogens with two attached hydrogens (primary N) is 1. The lowest BCUT2D eigenvalue weighted by atomic mass is 10.0. The third kappa shape index (κ3) is 2.53. The van der Waals surface area contributed by atoms with E-state index in [1.165, 1.54) is 6.07 Å². The zero-order valence-electron chi connectivity index (χ0n) is 9.70. The van der Waals surface area contributed by atoms with Crippen molar-refractivity contribution in [3.05, 3.63) is 29.6 Å². The van der Waals surface area contributed by atoms with Crippen LogP contribution in [0.5, 0.6) is 0 Å². The maximum absolute atomic E-state index is 13.7. The van der Waals surface area contributed by atoms with Gasteiger partial charge in [-0.25, -0.2) is 4.39 Å². The summed E-state index contributed by atoms with van der Waals surface area (Å²) in [6.45, 7) is 4.94. The molecule has 1 rings (SSSR count). The summed E-state index contributed by atoms with van der Waals surface area (Å²) in [4.78, 5) is 1.93. The molecule has 1 aromatic carbocycles. The van der Waals surface area contributed by atoms with E-state index in [0.29, 0.717) is 12.1 Å². The van der Waals surface area contributed by atoms with Crippen molar-refractivity contribution in [1.29, 1.82) is 0 Å². The van der Waals surface area contributed by atoms with Crippen LogP contribution in [0, 0.1) is 18.2 Å². The molecular formula is C13H17FN2. The Morgan fingerprint density at radius 1 is 1.56 bits per heavy atom. The molecule has 0 bridgehead atoms. The third-order valence-corrected chi connectivity index (χ3v) is 2.49.